The van der Waals surface area contributed by atoms with Crippen LogP contribution in [0.3, 0.4) is 0 Å². The molecule has 0 bridgehead atoms. The summed E-state index contributed by atoms with van der Waals surface area (Å²) in [4.78, 5) is 38.1. The van der Waals surface area contributed by atoms with E-state index in [-0.39, 0.29) is 43.4 Å². The summed E-state index contributed by atoms with van der Waals surface area (Å²) in [6.45, 7) is 4.01. The fourth-order valence-electron chi connectivity index (χ4n) is 3.80. The molecular formula is C25H31N5O6. The molecule has 36 heavy (non-hydrogen) atoms. The predicted molar refractivity (Wildman–Crippen MR) is 134 cm³/mol. The van der Waals surface area contributed by atoms with Crippen molar-refractivity contribution in [1.82, 2.24) is 15.2 Å². The maximum atomic E-state index is 13.5. The molecule has 1 aliphatic heterocycles. The number of nitrogens with zero attached hydrogens (tertiary/aromatic N) is 4. The van der Waals surface area contributed by atoms with E-state index >= 15 is 0 Å². The van der Waals surface area contributed by atoms with Crippen molar-refractivity contribution in [2.45, 2.75) is 32.4 Å². The lowest BCUT2D eigenvalue weighted by Gasteiger charge is -2.27. The first-order valence-electron chi connectivity index (χ1n) is 11.6. The molecule has 0 saturated heterocycles. The van der Waals surface area contributed by atoms with Crippen LogP contribution in [-0.4, -0.2) is 72.4 Å². The third-order valence-corrected chi connectivity index (χ3v) is 5.67. The molecule has 0 spiro atoms. The Hall–Kier alpha value is -3.99. The van der Waals surface area contributed by atoms with Crippen LogP contribution in [0, 0.1) is 10.1 Å². The minimum atomic E-state index is -0.465. The van der Waals surface area contributed by atoms with E-state index in [4.69, 9.17) is 9.47 Å². The molecule has 2 aromatic rings. The van der Waals surface area contributed by atoms with E-state index in [9.17, 15) is 19.7 Å². The summed E-state index contributed by atoms with van der Waals surface area (Å²) < 4.78 is 10.4. The molecule has 0 fully saturated rings. The Bertz CT molecular complexity index is 1100. The van der Waals surface area contributed by atoms with Gasteiger partial charge in [0, 0.05) is 38.2 Å². The highest BCUT2D eigenvalue weighted by atomic mass is 16.6. The Morgan fingerprint density at radius 1 is 1.17 bits per heavy atom. The number of hydrogen-bond acceptors (Lipinski definition) is 7. The second kappa shape index (κ2) is 12.1. The van der Waals surface area contributed by atoms with Crippen molar-refractivity contribution in [3.63, 3.8) is 0 Å². The van der Waals surface area contributed by atoms with Gasteiger partial charge in [-0.2, -0.15) is 5.10 Å². The normalized spacial score (nSPS) is 15.0. The molecule has 0 unspecified atom stereocenters. The van der Waals surface area contributed by atoms with Gasteiger partial charge in [-0.05, 0) is 49.2 Å². The number of non-ortho nitro benzene ring substituents is 1. The van der Waals surface area contributed by atoms with Crippen molar-refractivity contribution >= 4 is 23.3 Å². The van der Waals surface area contributed by atoms with Crippen molar-refractivity contribution in [2.75, 3.05) is 33.9 Å². The standard InChI is InChI=1S/C25H31N5O6/c1-17(2)26-25(32)28(13-14-35-3)16-24(31)29-23(19-7-11-21(36-4)12-8-19)15-22(27-29)18-5-9-20(10-6-18)30(33)34/h5-12,17,23H,13-16H2,1-4H3,(H,26,32)/t23-/m1/s1. The molecule has 1 aliphatic rings. The zero-order chi connectivity index (χ0) is 26.2. The second-order valence-corrected chi connectivity index (χ2v) is 8.60. The monoisotopic (exact) mass is 497 g/mol. The number of benzene rings is 2. The molecule has 0 radical (unpaired) electrons. The van der Waals surface area contributed by atoms with E-state index < -0.39 is 11.0 Å². The summed E-state index contributed by atoms with van der Waals surface area (Å²) in [6, 6.07) is 12.5. The number of hydrazone groups is 1. The topological polar surface area (TPSA) is 127 Å². The molecular weight excluding hydrogens is 466 g/mol. The number of carbonyl (C=O) groups excluding carboxylic acids is 2. The highest BCUT2D eigenvalue weighted by Gasteiger charge is 2.34. The van der Waals surface area contributed by atoms with Gasteiger partial charge in [0.05, 0.1) is 30.4 Å². The highest BCUT2D eigenvalue weighted by Crippen LogP contribution is 2.34. The van der Waals surface area contributed by atoms with Crippen LogP contribution in [-0.2, 0) is 9.53 Å². The van der Waals surface area contributed by atoms with E-state index in [1.165, 1.54) is 29.2 Å². The van der Waals surface area contributed by atoms with Crippen LogP contribution >= 0.6 is 0 Å². The number of rotatable bonds is 10. The van der Waals surface area contributed by atoms with Crippen LogP contribution in [0.1, 0.15) is 37.4 Å². The van der Waals surface area contributed by atoms with E-state index in [0.717, 1.165) is 5.56 Å². The van der Waals surface area contributed by atoms with Crippen molar-refractivity contribution in [1.29, 1.82) is 0 Å². The third kappa shape index (κ3) is 6.57. The van der Waals surface area contributed by atoms with E-state index in [0.29, 0.717) is 23.4 Å². The number of ether oxygens (including phenoxy) is 2. The van der Waals surface area contributed by atoms with Crippen LogP contribution in [0.25, 0.3) is 0 Å². The van der Waals surface area contributed by atoms with Crippen molar-refractivity contribution in [3.05, 3.63) is 69.8 Å². The molecule has 0 saturated carbocycles. The molecule has 3 rings (SSSR count). The number of nitro groups is 1. The summed E-state index contributed by atoms with van der Waals surface area (Å²) in [7, 11) is 3.11. The van der Waals surface area contributed by atoms with Gasteiger partial charge in [0.25, 0.3) is 11.6 Å². The quantitative estimate of drug-likeness (QED) is 0.396. The van der Waals surface area contributed by atoms with E-state index in [1.807, 2.05) is 38.1 Å². The first kappa shape index (κ1) is 26.6. The SMILES string of the molecule is COCCN(CC(=O)N1N=C(c2ccc([N+](=O)[O-])cc2)C[C@@H]1c1ccc(OC)cc1)C(=O)NC(C)C. The van der Waals surface area contributed by atoms with E-state index in [1.54, 1.807) is 19.2 Å². The first-order valence-corrected chi connectivity index (χ1v) is 11.6. The number of urea groups is 1. The Morgan fingerprint density at radius 2 is 1.83 bits per heavy atom. The van der Waals surface area contributed by atoms with Gasteiger partial charge in [-0.25, -0.2) is 9.80 Å². The first-order chi connectivity index (χ1) is 17.2. The Balaban J connectivity index is 1.90. The lowest BCUT2D eigenvalue weighted by atomic mass is 9.98. The molecule has 1 atom stereocenters. The molecule has 0 aromatic heterocycles. The van der Waals surface area contributed by atoms with Crippen LogP contribution in [0.15, 0.2) is 53.6 Å². The number of nitro benzene ring substituents is 1. The van der Waals surface area contributed by atoms with Gasteiger partial charge in [-0.3, -0.25) is 14.9 Å². The summed E-state index contributed by atoms with van der Waals surface area (Å²) in [6.07, 6.45) is 0.409. The predicted octanol–water partition coefficient (Wildman–Crippen LogP) is 3.35. The largest absolute Gasteiger partial charge is 0.497 e. The van der Waals surface area contributed by atoms with Crippen molar-refractivity contribution in [3.8, 4) is 5.75 Å². The van der Waals surface area contributed by atoms with Crippen LogP contribution < -0.4 is 10.1 Å². The summed E-state index contributed by atoms with van der Waals surface area (Å²) >= 11 is 0. The summed E-state index contributed by atoms with van der Waals surface area (Å²) in [5.41, 5.74) is 2.12. The minimum Gasteiger partial charge on any atom is -0.497 e. The Labute approximate surface area is 209 Å². The number of hydrogen-bond donors (Lipinski definition) is 1. The molecule has 0 aliphatic carbocycles. The highest BCUT2D eigenvalue weighted by molar-refractivity contribution is 6.03. The van der Waals surface area contributed by atoms with Gasteiger partial charge in [0.1, 0.15) is 12.3 Å². The second-order valence-electron chi connectivity index (χ2n) is 8.60. The number of amides is 3. The van der Waals surface area contributed by atoms with Gasteiger partial charge >= 0.3 is 6.03 Å². The van der Waals surface area contributed by atoms with Gasteiger partial charge < -0.3 is 19.7 Å². The maximum absolute atomic E-state index is 13.5. The van der Waals surface area contributed by atoms with Gasteiger partial charge in [0.15, 0.2) is 0 Å². The smallest absolute Gasteiger partial charge is 0.318 e. The van der Waals surface area contributed by atoms with Crippen LogP contribution in [0.2, 0.25) is 0 Å². The molecule has 1 N–H and O–H groups in total. The van der Waals surface area contributed by atoms with Crippen molar-refractivity contribution < 1.29 is 24.0 Å². The summed E-state index contributed by atoms with van der Waals surface area (Å²) in [5, 5.41) is 19.8. The lowest BCUT2D eigenvalue weighted by Crippen LogP contribution is -2.48. The van der Waals surface area contributed by atoms with Gasteiger partial charge in [0.2, 0.25) is 0 Å². The Morgan fingerprint density at radius 3 is 2.39 bits per heavy atom. The molecule has 11 nitrogen and oxygen atoms in total. The maximum Gasteiger partial charge on any atom is 0.318 e. The van der Waals surface area contributed by atoms with Crippen LogP contribution in [0.5, 0.6) is 5.75 Å². The third-order valence-electron chi connectivity index (χ3n) is 5.67. The molecule has 192 valence electrons. The molecule has 2 aromatic carbocycles. The zero-order valence-electron chi connectivity index (χ0n) is 20.8. The van der Waals surface area contributed by atoms with Crippen LogP contribution in [0.4, 0.5) is 10.5 Å². The van der Waals surface area contributed by atoms with E-state index in [2.05, 4.69) is 10.4 Å². The van der Waals surface area contributed by atoms with Gasteiger partial charge in [-0.15, -0.1) is 0 Å². The zero-order valence-corrected chi connectivity index (χ0v) is 20.8. The minimum absolute atomic E-state index is 0.0260. The lowest BCUT2D eigenvalue weighted by molar-refractivity contribution is -0.384. The Kier molecular flexibility index (Phi) is 8.96. The molecule has 3 amide bonds. The number of carbonyl (C=O) groups is 2. The molecule has 1 heterocycles. The summed E-state index contributed by atoms with van der Waals surface area (Å²) in [5.74, 6) is 0.324. The fraction of sp³-hybridized carbons (Fsp3) is 0.400. The average molecular weight is 498 g/mol. The fourth-order valence-corrected chi connectivity index (χ4v) is 3.80. The van der Waals surface area contributed by atoms with Crippen molar-refractivity contribution in [2.24, 2.45) is 5.10 Å². The molecule has 11 heteroatoms. The number of nitrogens with one attached hydrogen (secondary N) is 1. The van der Waals surface area contributed by atoms with Gasteiger partial charge in [-0.1, -0.05) is 12.1 Å². The average Bonchev–Trinajstić information content (AvgIpc) is 3.31. The number of methoxy groups -OCH3 is 2.